The van der Waals surface area contributed by atoms with Crippen LogP contribution in [0.1, 0.15) is 25.8 Å². The van der Waals surface area contributed by atoms with Crippen LogP contribution in [0.2, 0.25) is 0 Å². The Labute approximate surface area is 182 Å². The minimum absolute atomic E-state index is 0.390. The number of rotatable bonds is 4. The number of anilines is 1. The van der Waals surface area contributed by atoms with Crippen LogP contribution in [-0.2, 0) is 0 Å². The predicted molar refractivity (Wildman–Crippen MR) is 122 cm³/mol. The molecule has 1 aliphatic carbocycles. The lowest BCUT2D eigenvalue weighted by atomic mass is 9.80. The Morgan fingerprint density at radius 1 is 1.16 bits per heavy atom. The molecule has 2 aliphatic rings. The Morgan fingerprint density at radius 3 is 2.84 bits per heavy atom. The highest BCUT2D eigenvalue weighted by Crippen LogP contribution is 2.38. The van der Waals surface area contributed by atoms with E-state index in [0.29, 0.717) is 18.0 Å². The number of benzene rings is 1. The van der Waals surface area contributed by atoms with Crippen LogP contribution in [0.4, 0.5) is 5.69 Å². The number of nitrogens with zero attached hydrogens (tertiary/aromatic N) is 7. The summed E-state index contributed by atoms with van der Waals surface area (Å²) in [7, 11) is 2.19. The molecule has 0 spiro atoms. The Morgan fingerprint density at radius 2 is 2.03 bits per heavy atom. The maximum Gasteiger partial charge on any atom is 0.0924 e. The van der Waals surface area contributed by atoms with Crippen LogP contribution >= 0.6 is 0 Å². The van der Waals surface area contributed by atoms with Gasteiger partial charge in [-0.3, -0.25) is 9.67 Å². The second-order valence-electron chi connectivity index (χ2n) is 8.79. The summed E-state index contributed by atoms with van der Waals surface area (Å²) in [6.45, 7) is 5.39. The van der Waals surface area contributed by atoms with E-state index in [1.807, 2.05) is 23.2 Å². The van der Waals surface area contributed by atoms with Gasteiger partial charge in [0.25, 0.3) is 0 Å². The zero-order chi connectivity index (χ0) is 21.4. The predicted octanol–water partition coefficient (Wildman–Crippen LogP) is 3.66. The van der Waals surface area contributed by atoms with Crippen molar-refractivity contribution >= 4 is 16.7 Å². The van der Waals surface area contributed by atoms with Crippen molar-refractivity contribution < 1.29 is 0 Å². The van der Waals surface area contributed by atoms with Gasteiger partial charge in [-0.2, -0.15) is 10.4 Å². The van der Waals surface area contributed by atoms with Crippen LogP contribution < -0.4 is 4.90 Å². The van der Waals surface area contributed by atoms with Crippen molar-refractivity contribution in [3.05, 3.63) is 48.9 Å². The molecule has 1 aliphatic heterocycles. The van der Waals surface area contributed by atoms with E-state index in [1.54, 1.807) is 6.08 Å². The van der Waals surface area contributed by atoms with E-state index in [0.717, 1.165) is 54.8 Å². The second-order valence-corrected chi connectivity index (χ2v) is 8.79. The SMILES string of the molecule is C[C@H]1CN(c2ccc3ncc(-c4cnn(C5CC(/C=C/C#N)C5)c4)nc3c2)CCN1C. The summed E-state index contributed by atoms with van der Waals surface area (Å²) < 4.78 is 2.03. The third-order valence-electron chi connectivity index (χ3n) is 6.71. The minimum Gasteiger partial charge on any atom is -0.369 e. The van der Waals surface area contributed by atoms with Crippen molar-refractivity contribution in [1.82, 2.24) is 24.6 Å². The molecule has 0 bridgehead atoms. The quantitative estimate of drug-likeness (QED) is 0.608. The van der Waals surface area contributed by atoms with E-state index in [4.69, 9.17) is 10.2 Å². The van der Waals surface area contributed by atoms with Crippen LogP contribution in [0.15, 0.2) is 48.9 Å². The number of nitriles is 1. The summed E-state index contributed by atoms with van der Waals surface area (Å²) in [6, 6.07) is 9.37. The van der Waals surface area contributed by atoms with Gasteiger partial charge in [-0.25, -0.2) is 4.98 Å². The molecule has 0 N–H and O–H groups in total. The van der Waals surface area contributed by atoms with Gasteiger partial charge in [0.15, 0.2) is 0 Å². The number of hydrogen-bond acceptors (Lipinski definition) is 6. The molecule has 7 nitrogen and oxygen atoms in total. The Bertz CT molecular complexity index is 1150. The Kier molecular flexibility index (Phi) is 5.16. The summed E-state index contributed by atoms with van der Waals surface area (Å²) in [5.74, 6) is 0.480. The molecule has 2 fully saturated rings. The van der Waals surface area contributed by atoms with Gasteiger partial charge in [0.05, 0.1) is 41.2 Å². The minimum atomic E-state index is 0.390. The number of fused-ring (bicyclic) bond motifs is 1. The van der Waals surface area contributed by atoms with Gasteiger partial charge in [0, 0.05) is 49.2 Å². The van der Waals surface area contributed by atoms with Crippen molar-refractivity contribution in [3.8, 4) is 17.3 Å². The highest BCUT2D eigenvalue weighted by atomic mass is 15.3. The topological polar surface area (TPSA) is 73.9 Å². The van der Waals surface area contributed by atoms with Gasteiger partial charge in [-0.1, -0.05) is 6.08 Å². The molecule has 3 heterocycles. The molecule has 5 rings (SSSR count). The standard InChI is InChI=1S/C24H27N7/c1-17-15-30(9-8-29(17)2)20-5-6-22-23(12-20)28-24(14-26-22)19-13-27-31(16-19)21-10-18(11-21)4-3-7-25/h3-6,12-14,16-18,21H,8-11,15H2,1-2H3/b4-3+/t17-,18?,21?/m0/s1. The zero-order valence-corrected chi connectivity index (χ0v) is 18.0. The molecule has 1 atom stereocenters. The fraction of sp³-hybridized carbons (Fsp3) is 0.417. The second kappa shape index (κ2) is 8.12. The molecule has 1 aromatic carbocycles. The van der Waals surface area contributed by atoms with Crippen LogP contribution in [0.25, 0.3) is 22.3 Å². The van der Waals surface area contributed by atoms with Crippen molar-refractivity contribution in [1.29, 1.82) is 5.26 Å². The van der Waals surface area contributed by atoms with E-state index in [9.17, 15) is 0 Å². The van der Waals surface area contributed by atoms with Gasteiger partial charge in [0.1, 0.15) is 0 Å². The van der Waals surface area contributed by atoms with Crippen LogP contribution in [0, 0.1) is 17.2 Å². The molecule has 1 saturated carbocycles. The molecule has 0 radical (unpaired) electrons. The maximum atomic E-state index is 8.66. The average Bonchev–Trinajstić information content (AvgIpc) is 3.23. The van der Waals surface area contributed by atoms with Gasteiger partial charge in [-0.15, -0.1) is 0 Å². The number of hydrogen-bond donors (Lipinski definition) is 0. The average molecular weight is 414 g/mol. The molecule has 31 heavy (non-hydrogen) atoms. The first-order chi connectivity index (χ1) is 15.1. The highest BCUT2D eigenvalue weighted by Gasteiger charge is 2.29. The zero-order valence-electron chi connectivity index (χ0n) is 18.0. The third kappa shape index (κ3) is 3.91. The summed E-state index contributed by atoms with van der Waals surface area (Å²) in [5.41, 5.74) is 4.88. The summed E-state index contributed by atoms with van der Waals surface area (Å²) in [6.07, 6.45) is 11.4. The van der Waals surface area contributed by atoms with Crippen molar-refractivity contribution in [3.63, 3.8) is 0 Å². The largest absolute Gasteiger partial charge is 0.369 e. The van der Waals surface area contributed by atoms with E-state index < -0.39 is 0 Å². The van der Waals surface area contributed by atoms with E-state index in [2.05, 4.69) is 64.3 Å². The van der Waals surface area contributed by atoms with Crippen LogP contribution in [-0.4, -0.2) is 57.4 Å². The maximum absolute atomic E-state index is 8.66. The third-order valence-corrected chi connectivity index (χ3v) is 6.71. The number of likely N-dealkylation sites (N-methyl/N-ethyl adjacent to an activating group) is 1. The molecule has 1 saturated heterocycles. The fourth-order valence-corrected chi connectivity index (χ4v) is 4.47. The summed E-state index contributed by atoms with van der Waals surface area (Å²) >= 11 is 0. The lowest BCUT2D eigenvalue weighted by Gasteiger charge is -2.39. The van der Waals surface area contributed by atoms with Gasteiger partial charge in [-0.05, 0) is 50.9 Å². The van der Waals surface area contributed by atoms with Crippen LogP contribution in [0.5, 0.6) is 0 Å². The molecule has 158 valence electrons. The summed E-state index contributed by atoms with van der Waals surface area (Å²) in [5, 5.41) is 13.2. The van der Waals surface area contributed by atoms with E-state index >= 15 is 0 Å². The molecule has 3 aromatic rings. The lowest BCUT2D eigenvalue weighted by molar-refractivity contribution is 0.224. The molecule has 0 unspecified atom stereocenters. The van der Waals surface area contributed by atoms with Crippen molar-refractivity contribution in [2.75, 3.05) is 31.6 Å². The van der Waals surface area contributed by atoms with Gasteiger partial charge < -0.3 is 9.80 Å². The molecular formula is C24H27N7. The lowest BCUT2D eigenvalue weighted by Crippen LogP contribution is -2.50. The number of aromatic nitrogens is 4. The van der Waals surface area contributed by atoms with Crippen molar-refractivity contribution in [2.45, 2.75) is 31.8 Å². The Hall–Kier alpha value is -3.24. The Balaban J connectivity index is 1.35. The van der Waals surface area contributed by atoms with Gasteiger partial charge >= 0.3 is 0 Å². The highest BCUT2D eigenvalue weighted by molar-refractivity contribution is 5.81. The van der Waals surface area contributed by atoms with Crippen molar-refractivity contribution in [2.24, 2.45) is 5.92 Å². The number of piperazine rings is 1. The molecule has 2 aromatic heterocycles. The number of allylic oxidation sites excluding steroid dienone is 2. The molecule has 7 heteroatoms. The van der Waals surface area contributed by atoms with E-state index in [1.165, 1.54) is 5.69 Å². The first-order valence-electron chi connectivity index (χ1n) is 10.9. The monoisotopic (exact) mass is 413 g/mol. The summed E-state index contributed by atoms with van der Waals surface area (Å²) in [4.78, 5) is 14.4. The normalized spacial score (nSPS) is 24.4. The van der Waals surface area contributed by atoms with E-state index in [-0.39, 0.29) is 0 Å². The fourth-order valence-electron chi connectivity index (χ4n) is 4.47. The smallest absolute Gasteiger partial charge is 0.0924 e. The van der Waals surface area contributed by atoms with Crippen LogP contribution in [0.3, 0.4) is 0 Å². The first kappa shape index (κ1) is 19.7. The molecule has 0 amide bonds. The first-order valence-corrected chi connectivity index (χ1v) is 10.9. The molecular weight excluding hydrogens is 386 g/mol. The van der Waals surface area contributed by atoms with Gasteiger partial charge in [0.2, 0.25) is 0 Å².